The van der Waals surface area contributed by atoms with Crippen LogP contribution in [0.4, 0.5) is 0 Å². The lowest BCUT2D eigenvalue weighted by Gasteiger charge is -2.10. The monoisotopic (exact) mass is 1670 g/mol. The summed E-state index contributed by atoms with van der Waals surface area (Å²) in [6.07, 6.45) is 42.2. The molecule has 0 saturated carbocycles. The lowest BCUT2D eigenvalue weighted by atomic mass is 10.00. The predicted molar refractivity (Wildman–Crippen MR) is 488 cm³/mol. The van der Waals surface area contributed by atoms with E-state index in [2.05, 4.69) is 106 Å². The van der Waals surface area contributed by atoms with E-state index in [0.29, 0.717) is 25.0 Å². The van der Waals surface area contributed by atoms with Gasteiger partial charge in [-0.25, -0.2) is 0 Å². The highest BCUT2D eigenvalue weighted by molar-refractivity contribution is 5.68. The fraction of sp³-hybridized carbons (Fsp3) is 0.917. The van der Waals surface area contributed by atoms with Crippen molar-refractivity contribution in [2.24, 2.45) is 35.5 Å². The fourth-order valence-electron chi connectivity index (χ4n) is 9.73. The van der Waals surface area contributed by atoms with Gasteiger partial charge >= 0.3 is 47.8 Å². The van der Waals surface area contributed by atoms with Gasteiger partial charge in [-0.05, 0) is 155 Å². The molecule has 10 unspecified atom stereocenters. The van der Waals surface area contributed by atoms with Crippen LogP contribution in [0.1, 0.15) is 440 Å². The molecule has 10 atom stereocenters. The number of ether oxygens (including phenoxy) is 12. The predicted octanol–water partition coefficient (Wildman–Crippen LogP) is 26.6. The van der Waals surface area contributed by atoms with E-state index in [1.807, 2.05) is 69.2 Å². The smallest absolute Gasteiger partial charge is 0.302 e. The fourth-order valence-corrected chi connectivity index (χ4v) is 9.73. The highest BCUT2D eigenvalue weighted by atomic mass is 16.6. The minimum Gasteiger partial charge on any atom is -0.466 e. The van der Waals surface area contributed by atoms with Crippen molar-refractivity contribution in [1.29, 1.82) is 0 Å². The Kier molecular flexibility index (Phi) is 136. The van der Waals surface area contributed by atoms with Crippen molar-refractivity contribution in [2.75, 3.05) is 68.1 Å². The van der Waals surface area contributed by atoms with Crippen LogP contribution in [0, 0.1) is 35.5 Å². The first-order valence-corrected chi connectivity index (χ1v) is 45.7. The van der Waals surface area contributed by atoms with E-state index >= 15 is 0 Å². The average Bonchev–Trinajstić information content (AvgIpc) is 0.963. The van der Waals surface area contributed by atoms with Gasteiger partial charge < -0.3 is 56.8 Å². The van der Waals surface area contributed by atoms with E-state index in [4.69, 9.17) is 47.4 Å². The van der Waals surface area contributed by atoms with Crippen LogP contribution in [0.25, 0.3) is 0 Å². The lowest BCUT2D eigenvalue weighted by Crippen LogP contribution is -2.11. The van der Waals surface area contributed by atoms with Crippen molar-refractivity contribution in [2.45, 2.75) is 476 Å². The van der Waals surface area contributed by atoms with Gasteiger partial charge in [0.2, 0.25) is 0 Å². The number of esters is 8. The Hall–Kier alpha value is -4.40. The topological polar surface area (TPSA) is 247 Å². The van der Waals surface area contributed by atoms with Crippen molar-refractivity contribution in [3.05, 3.63) is 0 Å². The molecular formula is C96H200O20. The van der Waals surface area contributed by atoms with Crippen molar-refractivity contribution in [1.82, 2.24) is 0 Å². The second-order valence-corrected chi connectivity index (χ2v) is 31.8. The van der Waals surface area contributed by atoms with Crippen LogP contribution in [0.5, 0.6) is 0 Å². The third kappa shape index (κ3) is 176. The molecule has 0 radical (unpaired) electrons. The van der Waals surface area contributed by atoms with E-state index in [0.717, 1.165) is 114 Å². The van der Waals surface area contributed by atoms with Gasteiger partial charge in [-0.1, -0.05) is 265 Å². The van der Waals surface area contributed by atoms with Gasteiger partial charge in [0.05, 0.1) is 49.8 Å². The molecule has 0 aliphatic heterocycles. The number of rotatable bonds is 52. The zero-order chi connectivity index (χ0) is 92.3. The van der Waals surface area contributed by atoms with E-state index in [-0.39, 0.29) is 84.4 Å². The van der Waals surface area contributed by atoms with Crippen molar-refractivity contribution >= 4 is 47.8 Å². The second-order valence-electron chi connectivity index (χ2n) is 31.8. The number of hydrogen-bond acceptors (Lipinski definition) is 20. The summed E-state index contributed by atoms with van der Waals surface area (Å²) >= 11 is 0. The quantitative estimate of drug-likeness (QED) is 0.0312. The molecule has 0 spiro atoms. The maximum absolute atomic E-state index is 10.5. The van der Waals surface area contributed by atoms with Crippen LogP contribution < -0.4 is 0 Å². The Bertz CT molecular complexity index is 1960. The minimum absolute atomic E-state index is 0.0255. The summed E-state index contributed by atoms with van der Waals surface area (Å²) in [6, 6.07) is 0. The summed E-state index contributed by atoms with van der Waals surface area (Å²) in [5, 5.41) is 0. The number of hydrogen-bond donors (Lipinski definition) is 0. The number of carbonyl (C=O) groups is 8. The molecule has 704 valence electrons. The lowest BCUT2D eigenvalue weighted by molar-refractivity contribution is -0.146. The molecule has 0 rings (SSSR count). The van der Waals surface area contributed by atoms with Crippen LogP contribution in [0.3, 0.4) is 0 Å². The van der Waals surface area contributed by atoms with Crippen LogP contribution in [-0.2, 0) is 95.2 Å². The van der Waals surface area contributed by atoms with Gasteiger partial charge in [-0.2, -0.15) is 0 Å². The van der Waals surface area contributed by atoms with Crippen molar-refractivity contribution < 1.29 is 95.2 Å². The molecule has 0 fully saturated rings. The first kappa shape index (κ1) is 138. The van der Waals surface area contributed by atoms with E-state index < -0.39 is 0 Å². The zero-order valence-corrected chi connectivity index (χ0v) is 83.4. The molecular weight excluding hydrogens is 1470 g/mol. The van der Waals surface area contributed by atoms with Gasteiger partial charge in [-0.3, -0.25) is 38.4 Å². The van der Waals surface area contributed by atoms with Gasteiger partial charge in [0, 0.05) is 110 Å². The van der Waals surface area contributed by atoms with Gasteiger partial charge in [0.15, 0.2) is 0 Å². The standard InChI is InChI=1S/C11H24O.C10H20O2.C10H22O.C9H18O2.C9H20O.C8H16O2.C8H18O.2C7H14O2.2C6H12O2.C5H10O2/c1-4-5-6-7-8-11(2)9-10-12-3;1-4-5-6-7-8-9(2)12-10(3)11;1-4-5-6-7-10(2)8-9-11-3;1-4-5-6-7-8(2)11-9(3)10;1-4-5-6-9(2)7-8-10-3;1-4-5-6-7(2)10-8(3)9;1-4-5-8(2)6-7-9-3;1-4-6(2)5-9-7(3)8;1-4-5-6(2)9-7(3)8;1-5(2)4-8-6(3)7;1-4-5(2)8-6(3)7;1-4(2)7-5(3)6/h11H,4-10H2,1-3H3;9H,4-8H2,1-3H3;10H,4-9H2,1-3H3;8H,4-7H2,1-3H3;9H,4-8H2,1-3H3;7H,4-6H2,1-3H3;8H,4-7H2,1-3H3;2*6H,4-5H2,1-3H3;2*5H,4H2,1-3H3;4H,1-3H3. The second kappa shape index (κ2) is 115. The molecule has 0 amide bonds. The normalized spacial score (nSPS) is 12.5. The first-order valence-electron chi connectivity index (χ1n) is 45.7. The Labute approximate surface area is 719 Å². The zero-order valence-electron chi connectivity index (χ0n) is 83.4. The summed E-state index contributed by atoms with van der Waals surface area (Å²) in [5.41, 5.74) is 0. The molecule has 0 saturated heterocycles. The number of carbonyl (C=O) groups excluding carboxylic acids is 8. The maximum atomic E-state index is 10.5. The summed E-state index contributed by atoms with van der Waals surface area (Å²) in [5.74, 6) is 2.83. The van der Waals surface area contributed by atoms with E-state index in [9.17, 15) is 38.4 Å². The molecule has 0 heterocycles. The Morgan fingerprint density at radius 3 is 0.690 bits per heavy atom. The van der Waals surface area contributed by atoms with Gasteiger partial charge in [0.1, 0.15) is 0 Å². The van der Waals surface area contributed by atoms with Crippen LogP contribution in [0.2, 0.25) is 0 Å². The third-order valence-corrected chi connectivity index (χ3v) is 17.0. The van der Waals surface area contributed by atoms with Gasteiger partial charge in [0.25, 0.3) is 0 Å². The molecule has 116 heavy (non-hydrogen) atoms. The van der Waals surface area contributed by atoms with Gasteiger partial charge in [-0.15, -0.1) is 0 Å². The third-order valence-electron chi connectivity index (χ3n) is 17.0. The highest BCUT2D eigenvalue weighted by Crippen LogP contribution is 2.16. The molecule has 0 aromatic rings. The van der Waals surface area contributed by atoms with Crippen LogP contribution in [0.15, 0.2) is 0 Å². The minimum atomic E-state index is -0.213. The molecule has 0 bridgehead atoms. The summed E-state index contributed by atoms with van der Waals surface area (Å²) < 4.78 is 58.5. The Balaban J connectivity index is -0.000000102. The molecule has 0 N–H and O–H groups in total. The van der Waals surface area contributed by atoms with Crippen molar-refractivity contribution in [3.8, 4) is 0 Å². The van der Waals surface area contributed by atoms with Crippen LogP contribution >= 0.6 is 0 Å². The Morgan fingerprint density at radius 1 is 0.216 bits per heavy atom. The van der Waals surface area contributed by atoms with Crippen LogP contribution in [-0.4, -0.2) is 152 Å². The average molecular weight is 1670 g/mol. The summed E-state index contributed by atoms with van der Waals surface area (Å²) in [7, 11) is 7.09. The van der Waals surface area contributed by atoms with E-state index in [1.165, 1.54) is 209 Å². The molecule has 0 aromatic heterocycles. The summed E-state index contributed by atoms with van der Waals surface area (Å²) in [6.45, 7) is 66.4. The maximum Gasteiger partial charge on any atom is 0.302 e. The van der Waals surface area contributed by atoms with E-state index in [1.54, 1.807) is 28.4 Å². The first-order chi connectivity index (χ1) is 54.5. The molecule has 20 nitrogen and oxygen atoms in total. The Morgan fingerprint density at radius 2 is 0.457 bits per heavy atom. The number of unbranched alkanes of at least 4 members (excludes halogenated alkanes) is 12. The molecule has 0 aliphatic rings. The number of methoxy groups -OCH3 is 4. The largest absolute Gasteiger partial charge is 0.466 e. The molecule has 20 heteroatoms. The summed E-state index contributed by atoms with van der Waals surface area (Å²) in [4.78, 5) is 82.3. The van der Waals surface area contributed by atoms with Crippen molar-refractivity contribution in [3.63, 3.8) is 0 Å². The highest BCUT2D eigenvalue weighted by Gasteiger charge is 2.09. The SMILES string of the molecule is CC(=O)OC(C)C.CC(=O)OCC(C)C.CCC(C)COC(C)=O.CCC(C)OC(C)=O.CCCC(C)CCOC.CCCC(C)OC(C)=O.CCCCC(C)CCOC.CCCCC(C)OC(C)=O.CCCCCC(C)CCOC.CCCCCC(C)OC(C)=O.CCCCCCC(C)CCOC.CCCCCCC(C)OC(C)=O. The molecule has 0 aromatic carbocycles. The molecule has 0 aliphatic carbocycles.